The van der Waals surface area contributed by atoms with Gasteiger partial charge in [0.05, 0.1) is 11.4 Å². The number of hydrogen-bond acceptors (Lipinski definition) is 4. The standard InChI is InChI=1S/C34H27BrN2O4S/c1-23-15-19-28(20-16-23)42(40,41)36-32(31(38)27-18-17-25-11-5-6-12-26(25)21-27)34(35)29-13-7-8-14-30(29)37(33(34)39)22-24-9-3-2-4-10-24/h2-21,32,36H,22H2,1H3/t32-,34-/m1/s1. The second-order valence-corrected chi connectivity index (χ2v) is 13.4. The Morgan fingerprint density at radius 1 is 0.833 bits per heavy atom. The topological polar surface area (TPSA) is 83.5 Å². The van der Waals surface area contributed by atoms with E-state index in [1.807, 2.05) is 79.7 Å². The predicted octanol–water partition coefficient (Wildman–Crippen LogP) is 6.52. The molecule has 0 saturated heterocycles. The number of anilines is 1. The van der Waals surface area contributed by atoms with Gasteiger partial charge in [0.25, 0.3) is 5.91 Å². The van der Waals surface area contributed by atoms with Crippen molar-refractivity contribution in [3.05, 3.63) is 144 Å². The Morgan fingerprint density at radius 2 is 1.48 bits per heavy atom. The molecule has 1 amide bonds. The molecule has 1 heterocycles. The predicted molar refractivity (Wildman–Crippen MR) is 168 cm³/mol. The van der Waals surface area contributed by atoms with Crippen molar-refractivity contribution in [2.75, 3.05) is 4.90 Å². The number of benzene rings is 5. The Balaban J connectivity index is 1.49. The van der Waals surface area contributed by atoms with Gasteiger partial charge in [-0.3, -0.25) is 9.59 Å². The van der Waals surface area contributed by atoms with E-state index in [9.17, 15) is 18.0 Å². The molecule has 6 nitrogen and oxygen atoms in total. The summed E-state index contributed by atoms with van der Waals surface area (Å²) in [6, 6.07) is 34.4. The van der Waals surface area contributed by atoms with Gasteiger partial charge in [0, 0.05) is 16.8 Å². The molecule has 0 bridgehead atoms. The molecule has 6 rings (SSSR count). The van der Waals surface area contributed by atoms with Crippen molar-refractivity contribution in [2.24, 2.45) is 0 Å². The molecule has 2 atom stereocenters. The van der Waals surface area contributed by atoms with Gasteiger partial charge in [0.1, 0.15) is 6.04 Å². The number of nitrogens with zero attached hydrogens (tertiary/aromatic N) is 1. The molecule has 1 aliphatic rings. The van der Waals surface area contributed by atoms with Gasteiger partial charge in [-0.05, 0) is 47.5 Å². The zero-order chi connectivity index (χ0) is 29.5. The number of rotatable bonds is 8. The van der Waals surface area contributed by atoms with E-state index in [1.165, 1.54) is 12.1 Å². The number of Topliss-reactive ketones (excluding diaryl/α,β-unsaturated/α-hetero) is 1. The van der Waals surface area contributed by atoms with Gasteiger partial charge in [-0.15, -0.1) is 0 Å². The van der Waals surface area contributed by atoms with Gasteiger partial charge < -0.3 is 4.90 Å². The number of amides is 1. The van der Waals surface area contributed by atoms with Crippen LogP contribution in [0.3, 0.4) is 0 Å². The first-order valence-electron chi connectivity index (χ1n) is 13.4. The highest BCUT2D eigenvalue weighted by molar-refractivity contribution is 9.10. The second kappa shape index (κ2) is 10.9. The molecule has 0 aliphatic carbocycles. The van der Waals surface area contributed by atoms with Gasteiger partial charge in [-0.2, -0.15) is 4.72 Å². The molecule has 1 N–H and O–H groups in total. The highest BCUT2D eigenvalue weighted by Gasteiger charge is 2.57. The Kier molecular flexibility index (Phi) is 7.30. The quantitative estimate of drug-likeness (QED) is 0.155. The Morgan fingerprint density at radius 3 is 2.21 bits per heavy atom. The van der Waals surface area contributed by atoms with Gasteiger partial charge in [0.2, 0.25) is 10.0 Å². The van der Waals surface area contributed by atoms with Crippen molar-refractivity contribution >= 4 is 54.1 Å². The summed E-state index contributed by atoms with van der Waals surface area (Å²) in [5, 5.41) is 1.77. The van der Waals surface area contributed by atoms with Crippen LogP contribution >= 0.6 is 15.9 Å². The summed E-state index contributed by atoms with van der Waals surface area (Å²) < 4.78 is 28.5. The third kappa shape index (κ3) is 4.96. The van der Waals surface area contributed by atoms with E-state index in [1.54, 1.807) is 41.3 Å². The number of alkyl halides is 1. The van der Waals surface area contributed by atoms with E-state index in [0.717, 1.165) is 21.9 Å². The molecule has 5 aromatic rings. The summed E-state index contributed by atoms with van der Waals surface area (Å²) in [5.74, 6) is -0.962. The SMILES string of the molecule is Cc1ccc(S(=O)(=O)N[C@H](C(=O)c2ccc3ccccc3c2)[C@@]2(Br)C(=O)N(Cc3ccccc3)c3ccccc32)cc1. The Hall–Kier alpha value is -4.11. The lowest BCUT2D eigenvalue weighted by Crippen LogP contribution is -2.56. The summed E-state index contributed by atoms with van der Waals surface area (Å²) in [4.78, 5) is 30.5. The first-order chi connectivity index (χ1) is 20.2. The van der Waals surface area contributed by atoms with Crippen LogP contribution in [-0.2, 0) is 25.7 Å². The third-order valence-electron chi connectivity index (χ3n) is 7.62. The number of sulfonamides is 1. The number of fused-ring (bicyclic) bond motifs is 2. The third-order valence-corrected chi connectivity index (χ3v) is 10.3. The van der Waals surface area contributed by atoms with Crippen LogP contribution in [0.2, 0.25) is 0 Å². The molecule has 210 valence electrons. The molecule has 0 fully saturated rings. The number of para-hydroxylation sites is 1. The van der Waals surface area contributed by atoms with Gasteiger partial charge in [0.15, 0.2) is 10.1 Å². The number of nitrogens with one attached hydrogen (secondary N) is 1. The number of carbonyl (C=O) groups is 2. The molecule has 0 saturated carbocycles. The van der Waals surface area contributed by atoms with Crippen molar-refractivity contribution in [1.82, 2.24) is 4.72 Å². The summed E-state index contributed by atoms with van der Waals surface area (Å²) in [7, 11) is -4.22. The zero-order valence-electron chi connectivity index (χ0n) is 22.7. The van der Waals surface area contributed by atoms with Crippen LogP contribution in [0.5, 0.6) is 0 Å². The fourth-order valence-electron chi connectivity index (χ4n) is 5.40. The van der Waals surface area contributed by atoms with E-state index in [0.29, 0.717) is 11.3 Å². The van der Waals surface area contributed by atoms with Crippen molar-refractivity contribution < 1.29 is 18.0 Å². The number of carbonyl (C=O) groups excluding carboxylic acids is 2. The fraction of sp³-hybridized carbons (Fsp3) is 0.118. The van der Waals surface area contributed by atoms with Crippen molar-refractivity contribution in [3.63, 3.8) is 0 Å². The lowest BCUT2D eigenvalue weighted by atomic mass is 9.87. The van der Waals surface area contributed by atoms with E-state index >= 15 is 0 Å². The molecule has 5 aromatic carbocycles. The summed E-state index contributed by atoms with van der Waals surface area (Å²) >= 11 is 3.68. The molecule has 1 aliphatic heterocycles. The lowest BCUT2D eigenvalue weighted by molar-refractivity contribution is -0.120. The average Bonchev–Trinajstić information content (AvgIpc) is 3.22. The van der Waals surface area contributed by atoms with Crippen molar-refractivity contribution in [2.45, 2.75) is 28.7 Å². The van der Waals surface area contributed by atoms with Gasteiger partial charge in [-0.25, -0.2) is 8.42 Å². The van der Waals surface area contributed by atoms with Crippen LogP contribution < -0.4 is 9.62 Å². The minimum absolute atomic E-state index is 0.000356. The molecule has 0 radical (unpaired) electrons. The largest absolute Gasteiger partial charge is 0.306 e. The smallest absolute Gasteiger partial charge is 0.250 e. The summed E-state index contributed by atoms with van der Waals surface area (Å²) in [6.07, 6.45) is 0. The molecule has 42 heavy (non-hydrogen) atoms. The van der Waals surface area contributed by atoms with Crippen LogP contribution in [0, 0.1) is 6.92 Å². The normalized spacial score (nSPS) is 17.3. The van der Waals surface area contributed by atoms with E-state index in [4.69, 9.17) is 0 Å². The molecule has 0 unspecified atom stereocenters. The molecular formula is C34H27BrN2O4S. The van der Waals surface area contributed by atoms with Crippen molar-refractivity contribution in [3.8, 4) is 0 Å². The maximum absolute atomic E-state index is 14.4. The monoisotopic (exact) mass is 638 g/mol. The summed E-state index contributed by atoms with van der Waals surface area (Å²) in [5.41, 5.74) is 3.20. The van der Waals surface area contributed by atoms with Crippen LogP contribution in [0.1, 0.15) is 27.0 Å². The van der Waals surface area contributed by atoms with Crippen molar-refractivity contribution in [1.29, 1.82) is 0 Å². The first kappa shape index (κ1) is 28.0. The number of halogens is 1. The van der Waals surface area contributed by atoms with E-state index in [-0.39, 0.29) is 17.0 Å². The lowest BCUT2D eigenvalue weighted by Gasteiger charge is -2.31. The Bertz CT molecular complexity index is 1930. The fourth-order valence-corrected chi connectivity index (χ4v) is 7.65. The van der Waals surface area contributed by atoms with Gasteiger partial charge in [-0.1, -0.05) is 119 Å². The maximum Gasteiger partial charge on any atom is 0.250 e. The van der Waals surface area contributed by atoms with Crippen LogP contribution in [0.15, 0.2) is 126 Å². The minimum atomic E-state index is -4.22. The molecule has 8 heteroatoms. The highest BCUT2D eigenvalue weighted by Crippen LogP contribution is 2.50. The second-order valence-electron chi connectivity index (χ2n) is 10.4. The zero-order valence-corrected chi connectivity index (χ0v) is 25.1. The average molecular weight is 640 g/mol. The van der Waals surface area contributed by atoms with Crippen LogP contribution in [0.4, 0.5) is 5.69 Å². The Labute approximate surface area is 253 Å². The van der Waals surface area contributed by atoms with Crippen LogP contribution in [0.25, 0.3) is 10.8 Å². The maximum atomic E-state index is 14.4. The minimum Gasteiger partial charge on any atom is -0.306 e. The van der Waals surface area contributed by atoms with Gasteiger partial charge >= 0.3 is 0 Å². The molecule has 0 aromatic heterocycles. The highest BCUT2D eigenvalue weighted by atomic mass is 79.9. The van der Waals surface area contributed by atoms with E-state index < -0.39 is 32.1 Å². The van der Waals surface area contributed by atoms with Crippen LogP contribution in [-0.4, -0.2) is 26.2 Å². The summed E-state index contributed by atoms with van der Waals surface area (Å²) in [6.45, 7) is 2.12. The number of aryl methyl sites for hydroxylation is 1. The molecule has 0 spiro atoms. The van der Waals surface area contributed by atoms with E-state index in [2.05, 4.69) is 20.7 Å². The first-order valence-corrected chi connectivity index (χ1v) is 15.7. The number of hydrogen-bond donors (Lipinski definition) is 1. The number of ketones is 1. The molecular weight excluding hydrogens is 612 g/mol.